The number of carboxylic acid groups (broad SMARTS) is 1. The van der Waals surface area contributed by atoms with Gasteiger partial charge in [-0.05, 0) is 30.2 Å². The van der Waals surface area contributed by atoms with Crippen molar-refractivity contribution in [1.29, 1.82) is 0 Å². The summed E-state index contributed by atoms with van der Waals surface area (Å²) in [5.74, 6) is -0.988. The molecule has 1 heterocycles. The maximum absolute atomic E-state index is 10.7. The predicted molar refractivity (Wildman–Crippen MR) is 69.0 cm³/mol. The van der Waals surface area contributed by atoms with E-state index >= 15 is 0 Å². The molecule has 0 fully saturated rings. The topological polar surface area (TPSA) is 76.2 Å². The van der Waals surface area contributed by atoms with Gasteiger partial charge in [-0.1, -0.05) is 24.3 Å². The zero-order valence-electron chi connectivity index (χ0n) is 9.78. The molecule has 4 nitrogen and oxygen atoms in total. The van der Waals surface area contributed by atoms with E-state index in [4.69, 9.17) is 10.8 Å². The minimum Gasteiger partial charge on any atom is -0.480 e. The fourth-order valence-electron chi connectivity index (χ4n) is 1.73. The van der Waals surface area contributed by atoms with E-state index in [0.29, 0.717) is 6.42 Å². The van der Waals surface area contributed by atoms with Crippen molar-refractivity contribution in [3.63, 3.8) is 0 Å². The van der Waals surface area contributed by atoms with Gasteiger partial charge in [0.2, 0.25) is 0 Å². The highest BCUT2D eigenvalue weighted by molar-refractivity contribution is 5.73. The van der Waals surface area contributed by atoms with Crippen LogP contribution < -0.4 is 5.73 Å². The molecule has 0 aliphatic rings. The van der Waals surface area contributed by atoms with Crippen molar-refractivity contribution < 1.29 is 9.90 Å². The molecule has 1 aromatic heterocycles. The van der Waals surface area contributed by atoms with Crippen molar-refractivity contribution >= 4 is 5.97 Å². The van der Waals surface area contributed by atoms with Gasteiger partial charge in [0.05, 0.1) is 5.69 Å². The molecule has 0 amide bonds. The second-order valence-electron chi connectivity index (χ2n) is 4.06. The molecule has 0 aliphatic heterocycles. The summed E-state index contributed by atoms with van der Waals surface area (Å²) in [7, 11) is 0. The average Bonchev–Trinajstić information content (AvgIpc) is 2.40. The zero-order chi connectivity index (χ0) is 13.0. The van der Waals surface area contributed by atoms with Gasteiger partial charge in [0.1, 0.15) is 6.04 Å². The van der Waals surface area contributed by atoms with Crippen LogP contribution in [0.1, 0.15) is 5.56 Å². The second-order valence-corrected chi connectivity index (χ2v) is 4.06. The standard InChI is InChI=1S/C14H14N2O2/c15-12(14(17)18)9-10-4-3-5-11(8-10)13-6-1-2-7-16-13/h1-8,12H,9,15H2,(H,17,18)/t12-/m1/s1. The molecule has 0 unspecified atom stereocenters. The van der Waals surface area contributed by atoms with Gasteiger partial charge in [-0.3, -0.25) is 9.78 Å². The molecule has 1 atom stereocenters. The molecule has 0 radical (unpaired) electrons. The van der Waals surface area contributed by atoms with Gasteiger partial charge in [-0.25, -0.2) is 0 Å². The maximum atomic E-state index is 10.7. The van der Waals surface area contributed by atoms with Crippen molar-refractivity contribution in [2.75, 3.05) is 0 Å². The molecule has 2 aromatic rings. The molecule has 2 rings (SSSR count). The number of hydrogen-bond acceptors (Lipinski definition) is 3. The first-order valence-electron chi connectivity index (χ1n) is 5.65. The molecule has 0 spiro atoms. The number of benzene rings is 1. The van der Waals surface area contributed by atoms with E-state index < -0.39 is 12.0 Å². The zero-order valence-corrected chi connectivity index (χ0v) is 9.78. The lowest BCUT2D eigenvalue weighted by Crippen LogP contribution is -2.32. The first-order chi connectivity index (χ1) is 8.66. The van der Waals surface area contributed by atoms with Gasteiger partial charge in [-0.2, -0.15) is 0 Å². The number of nitrogens with two attached hydrogens (primary N) is 1. The van der Waals surface area contributed by atoms with Crippen molar-refractivity contribution in [3.05, 3.63) is 54.2 Å². The van der Waals surface area contributed by atoms with Crippen LogP contribution >= 0.6 is 0 Å². The molecule has 0 saturated heterocycles. The summed E-state index contributed by atoms with van der Waals surface area (Å²) < 4.78 is 0. The van der Waals surface area contributed by atoms with Crippen LogP contribution in [0, 0.1) is 0 Å². The van der Waals surface area contributed by atoms with Gasteiger partial charge in [0.25, 0.3) is 0 Å². The number of hydrogen-bond donors (Lipinski definition) is 2. The smallest absolute Gasteiger partial charge is 0.320 e. The number of carboxylic acids is 1. The first-order valence-corrected chi connectivity index (χ1v) is 5.65. The Hall–Kier alpha value is -2.20. The summed E-state index contributed by atoms with van der Waals surface area (Å²) >= 11 is 0. The molecular formula is C14H14N2O2. The van der Waals surface area contributed by atoms with Crippen LogP contribution in [0.3, 0.4) is 0 Å². The summed E-state index contributed by atoms with van der Waals surface area (Å²) in [6.07, 6.45) is 2.04. The average molecular weight is 242 g/mol. The number of aromatic nitrogens is 1. The molecule has 18 heavy (non-hydrogen) atoms. The minimum atomic E-state index is -0.988. The van der Waals surface area contributed by atoms with Gasteiger partial charge in [-0.15, -0.1) is 0 Å². The Balaban J connectivity index is 2.23. The van der Waals surface area contributed by atoms with E-state index in [-0.39, 0.29) is 0 Å². The summed E-state index contributed by atoms with van der Waals surface area (Å²) in [4.78, 5) is 15.0. The molecular weight excluding hydrogens is 228 g/mol. The summed E-state index contributed by atoms with van der Waals surface area (Å²) in [6, 6.07) is 12.4. The number of aliphatic carboxylic acids is 1. The minimum absolute atomic E-state index is 0.315. The molecule has 0 bridgehead atoms. The van der Waals surface area contributed by atoms with Gasteiger partial charge in [0, 0.05) is 11.8 Å². The lowest BCUT2D eigenvalue weighted by atomic mass is 10.0. The van der Waals surface area contributed by atoms with E-state index in [1.807, 2.05) is 42.5 Å². The molecule has 0 saturated carbocycles. The highest BCUT2D eigenvalue weighted by atomic mass is 16.4. The van der Waals surface area contributed by atoms with Crippen molar-refractivity contribution in [2.24, 2.45) is 5.73 Å². The van der Waals surface area contributed by atoms with E-state index in [2.05, 4.69) is 4.98 Å². The van der Waals surface area contributed by atoms with Crippen LogP contribution in [0.4, 0.5) is 0 Å². The van der Waals surface area contributed by atoms with Gasteiger partial charge < -0.3 is 10.8 Å². The third-order valence-electron chi connectivity index (χ3n) is 2.66. The normalized spacial score (nSPS) is 12.1. The highest BCUT2D eigenvalue weighted by Crippen LogP contribution is 2.18. The Morgan fingerprint density at radius 1 is 1.28 bits per heavy atom. The number of pyridine rings is 1. The largest absolute Gasteiger partial charge is 0.480 e. The molecule has 92 valence electrons. The molecule has 0 aliphatic carbocycles. The van der Waals surface area contributed by atoms with E-state index in [1.54, 1.807) is 6.20 Å². The quantitative estimate of drug-likeness (QED) is 0.855. The fourth-order valence-corrected chi connectivity index (χ4v) is 1.73. The molecule has 3 N–H and O–H groups in total. The number of rotatable bonds is 4. The Morgan fingerprint density at radius 2 is 2.11 bits per heavy atom. The monoisotopic (exact) mass is 242 g/mol. The van der Waals surface area contributed by atoms with Crippen molar-refractivity contribution in [2.45, 2.75) is 12.5 Å². The number of carbonyl (C=O) groups is 1. The van der Waals surface area contributed by atoms with E-state index in [1.165, 1.54) is 0 Å². The third-order valence-corrected chi connectivity index (χ3v) is 2.66. The lowest BCUT2D eigenvalue weighted by molar-refractivity contribution is -0.138. The van der Waals surface area contributed by atoms with Crippen LogP contribution in [0.15, 0.2) is 48.7 Å². The predicted octanol–water partition coefficient (Wildman–Crippen LogP) is 1.70. The summed E-state index contributed by atoms with van der Waals surface area (Å²) in [6.45, 7) is 0. The Kier molecular flexibility index (Phi) is 3.69. The Labute approximate surface area is 105 Å². The van der Waals surface area contributed by atoms with Crippen LogP contribution in [-0.4, -0.2) is 22.1 Å². The Morgan fingerprint density at radius 3 is 2.78 bits per heavy atom. The van der Waals surface area contributed by atoms with Crippen molar-refractivity contribution in [3.8, 4) is 11.3 Å². The van der Waals surface area contributed by atoms with Crippen LogP contribution in [0.5, 0.6) is 0 Å². The van der Waals surface area contributed by atoms with Gasteiger partial charge in [0.15, 0.2) is 0 Å². The Bertz CT molecular complexity index is 541. The lowest BCUT2D eigenvalue weighted by Gasteiger charge is -2.08. The fraction of sp³-hybridized carbons (Fsp3) is 0.143. The maximum Gasteiger partial charge on any atom is 0.320 e. The van der Waals surface area contributed by atoms with Gasteiger partial charge >= 0.3 is 5.97 Å². The van der Waals surface area contributed by atoms with E-state index in [9.17, 15) is 4.79 Å². The summed E-state index contributed by atoms with van der Waals surface area (Å²) in [5, 5.41) is 8.79. The summed E-state index contributed by atoms with van der Waals surface area (Å²) in [5.41, 5.74) is 8.25. The molecule has 1 aromatic carbocycles. The highest BCUT2D eigenvalue weighted by Gasteiger charge is 2.12. The first kappa shape index (κ1) is 12.3. The molecule has 4 heteroatoms. The second kappa shape index (κ2) is 5.42. The van der Waals surface area contributed by atoms with Crippen LogP contribution in [0.2, 0.25) is 0 Å². The third kappa shape index (κ3) is 2.93. The van der Waals surface area contributed by atoms with Crippen LogP contribution in [0.25, 0.3) is 11.3 Å². The SMILES string of the molecule is N[C@H](Cc1cccc(-c2ccccn2)c1)C(=O)O. The van der Waals surface area contributed by atoms with Crippen LogP contribution in [-0.2, 0) is 11.2 Å². The van der Waals surface area contributed by atoms with Crippen molar-refractivity contribution in [1.82, 2.24) is 4.98 Å². The van der Waals surface area contributed by atoms with E-state index in [0.717, 1.165) is 16.8 Å². The number of nitrogens with zero attached hydrogens (tertiary/aromatic N) is 1.